The van der Waals surface area contributed by atoms with E-state index in [2.05, 4.69) is 35.5 Å². The van der Waals surface area contributed by atoms with E-state index in [9.17, 15) is 0 Å². The molecular formula is C21H33IN4O3. The molecule has 1 saturated heterocycles. The van der Waals surface area contributed by atoms with Crippen LogP contribution in [0, 0.1) is 5.41 Å². The molecule has 7 nitrogen and oxygen atoms in total. The topological polar surface area (TPSA) is 79.9 Å². The van der Waals surface area contributed by atoms with Gasteiger partial charge >= 0.3 is 0 Å². The summed E-state index contributed by atoms with van der Waals surface area (Å²) in [6, 6.07) is 6.07. The van der Waals surface area contributed by atoms with Crippen LogP contribution in [0.1, 0.15) is 26.0 Å². The minimum Gasteiger partial charge on any atom is -0.497 e. The predicted molar refractivity (Wildman–Crippen MR) is 128 cm³/mol. The zero-order chi connectivity index (χ0) is 20.0. The number of aryl methyl sites for hydroxylation is 1. The van der Waals surface area contributed by atoms with Crippen LogP contribution in [0.25, 0.3) is 10.9 Å². The van der Waals surface area contributed by atoms with Crippen LogP contribution in [0.3, 0.4) is 0 Å². The second kappa shape index (κ2) is 10.9. The highest BCUT2D eigenvalue weighted by atomic mass is 127. The molecule has 0 unspecified atom stereocenters. The summed E-state index contributed by atoms with van der Waals surface area (Å²) in [5.41, 5.74) is 2.40. The van der Waals surface area contributed by atoms with Crippen LogP contribution in [0.2, 0.25) is 0 Å². The van der Waals surface area contributed by atoms with E-state index in [1.54, 1.807) is 14.2 Å². The van der Waals surface area contributed by atoms with Gasteiger partial charge in [-0.05, 0) is 25.8 Å². The first-order valence-corrected chi connectivity index (χ1v) is 9.90. The molecule has 0 spiro atoms. The fraction of sp³-hybridized carbons (Fsp3) is 0.571. The zero-order valence-corrected chi connectivity index (χ0v) is 20.1. The monoisotopic (exact) mass is 516 g/mol. The van der Waals surface area contributed by atoms with Gasteiger partial charge in [0.2, 0.25) is 0 Å². The summed E-state index contributed by atoms with van der Waals surface area (Å²) < 4.78 is 16.1. The van der Waals surface area contributed by atoms with E-state index in [1.165, 1.54) is 5.69 Å². The summed E-state index contributed by atoms with van der Waals surface area (Å²) in [4.78, 5) is 8.18. The van der Waals surface area contributed by atoms with Crippen LogP contribution < -0.4 is 20.1 Å². The number of aromatic amines is 1. The third-order valence-corrected chi connectivity index (χ3v) is 4.96. The van der Waals surface area contributed by atoms with Gasteiger partial charge in [0.1, 0.15) is 11.5 Å². The van der Waals surface area contributed by atoms with Gasteiger partial charge in [0.15, 0.2) is 5.96 Å². The lowest BCUT2D eigenvalue weighted by Crippen LogP contribution is -2.44. The Morgan fingerprint density at radius 1 is 1.21 bits per heavy atom. The first kappa shape index (κ1) is 23.6. The van der Waals surface area contributed by atoms with E-state index in [-0.39, 0.29) is 29.4 Å². The van der Waals surface area contributed by atoms with Crippen molar-refractivity contribution < 1.29 is 14.2 Å². The average molecular weight is 516 g/mol. The SMILES string of the molecule is CCNC(=NCC1(C)COC1)NCCCc1cc2c(OC)cc(OC)cc2[nH]1.I. The maximum Gasteiger partial charge on any atom is 0.191 e. The van der Waals surface area contributed by atoms with Crippen LogP contribution >= 0.6 is 24.0 Å². The number of nitrogens with zero attached hydrogens (tertiary/aromatic N) is 1. The first-order valence-electron chi connectivity index (χ1n) is 9.90. The number of nitrogens with one attached hydrogen (secondary N) is 3. The maximum atomic E-state index is 5.49. The average Bonchev–Trinajstić information content (AvgIpc) is 3.09. The first-order chi connectivity index (χ1) is 13.6. The van der Waals surface area contributed by atoms with Crippen LogP contribution in [0.4, 0.5) is 0 Å². The predicted octanol–water partition coefficient (Wildman–Crippen LogP) is 3.33. The number of methoxy groups -OCH3 is 2. The van der Waals surface area contributed by atoms with Crippen molar-refractivity contribution in [1.29, 1.82) is 0 Å². The van der Waals surface area contributed by atoms with Gasteiger partial charge in [-0.2, -0.15) is 0 Å². The van der Waals surface area contributed by atoms with Crippen molar-refractivity contribution in [3.05, 3.63) is 23.9 Å². The van der Waals surface area contributed by atoms with Gasteiger partial charge in [0.05, 0.1) is 39.5 Å². The van der Waals surface area contributed by atoms with E-state index in [1.807, 2.05) is 12.1 Å². The molecule has 8 heteroatoms. The number of halogens is 1. The van der Waals surface area contributed by atoms with Crippen molar-refractivity contribution >= 4 is 40.8 Å². The van der Waals surface area contributed by atoms with E-state index < -0.39 is 0 Å². The number of ether oxygens (including phenoxy) is 3. The van der Waals surface area contributed by atoms with E-state index >= 15 is 0 Å². The molecule has 0 radical (unpaired) electrons. The Balaban J connectivity index is 0.00000300. The molecule has 162 valence electrons. The fourth-order valence-corrected chi connectivity index (χ4v) is 3.30. The van der Waals surface area contributed by atoms with Crippen LogP contribution in [0.15, 0.2) is 23.2 Å². The van der Waals surface area contributed by atoms with Gasteiger partial charge in [-0.1, -0.05) is 6.92 Å². The number of hydrogen-bond donors (Lipinski definition) is 3. The summed E-state index contributed by atoms with van der Waals surface area (Å²) >= 11 is 0. The molecule has 1 fully saturated rings. The van der Waals surface area contributed by atoms with Crippen molar-refractivity contribution in [1.82, 2.24) is 15.6 Å². The van der Waals surface area contributed by atoms with Gasteiger partial charge in [0, 0.05) is 41.7 Å². The quantitative estimate of drug-likeness (QED) is 0.206. The summed E-state index contributed by atoms with van der Waals surface area (Å²) in [6.07, 6.45) is 1.94. The summed E-state index contributed by atoms with van der Waals surface area (Å²) in [5, 5.41) is 7.82. The van der Waals surface area contributed by atoms with Gasteiger partial charge in [-0.25, -0.2) is 0 Å². The second-order valence-corrected chi connectivity index (χ2v) is 7.61. The lowest BCUT2D eigenvalue weighted by atomic mass is 9.89. The van der Waals surface area contributed by atoms with Crippen LogP contribution in [-0.2, 0) is 11.2 Å². The molecule has 29 heavy (non-hydrogen) atoms. The lowest BCUT2D eigenvalue weighted by Gasteiger charge is -2.36. The van der Waals surface area contributed by atoms with Crippen molar-refractivity contribution in [2.24, 2.45) is 10.4 Å². The standard InChI is InChI=1S/C21H32N4O3.HI/c1-5-22-20(24-12-21(2)13-28-14-21)23-8-6-7-15-9-17-18(25-15)10-16(26-3)11-19(17)27-4;/h9-11,25H,5-8,12-14H2,1-4H3,(H2,22,23,24);1H. The molecule has 2 heterocycles. The molecule has 1 aromatic carbocycles. The Kier molecular flexibility index (Phi) is 8.88. The highest BCUT2D eigenvalue weighted by Crippen LogP contribution is 2.31. The molecule has 1 aliphatic rings. The van der Waals surface area contributed by atoms with Crippen molar-refractivity contribution in [3.63, 3.8) is 0 Å². The Morgan fingerprint density at radius 2 is 2.00 bits per heavy atom. The van der Waals surface area contributed by atoms with Gasteiger partial charge in [0.25, 0.3) is 0 Å². The Labute approximate surface area is 190 Å². The Morgan fingerprint density at radius 3 is 2.62 bits per heavy atom. The number of aliphatic imine (C=N–C) groups is 1. The molecule has 0 bridgehead atoms. The van der Waals surface area contributed by atoms with Gasteiger partial charge < -0.3 is 29.8 Å². The number of rotatable bonds is 9. The highest BCUT2D eigenvalue weighted by molar-refractivity contribution is 14.0. The zero-order valence-electron chi connectivity index (χ0n) is 17.8. The van der Waals surface area contributed by atoms with Gasteiger partial charge in [-0.15, -0.1) is 24.0 Å². The van der Waals surface area contributed by atoms with Crippen molar-refractivity contribution in [2.75, 3.05) is 47.1 Å². The normalized spacial score (nSPS) is 15.4. The second-order valence-electron chi connectivity index (χ2n) is 7.61. The van der Waals surface area contributed by atoms with Crippen molar-refractivity contribution in [2.45, 2.75) is 26.7 Å². The van der Waals surface area contributed by atoms with Crippen LogP contribution in [0.5, 0.6) is 11.5 Å². The molecule has 2 aromatic rings. The number of hydrogen-bond acceptors (Lipinski definition) is 4. The summed E-state index contributed by atoms with van der Waals surface area (Å²) in [7, 11) is 3.35. The number of H-pyrrole nitrogens is 1. The molecule has 0 aliphatic carbocycles. The number of guanidine groups is 1. The molecule has 3 N–H and O–H groups in total. The fourth-order valence-electron chi connectivity index (χ4n) is 3.30. The smallest absolute Gasteiger partial charge is 0.191 e. The molecule has 1 aromatic heterocycles. The van der Waals surface area contributed by atoms with E-state index in [4.69, 9.17) is 19.2 Å². The molecular weight excluding hydrogens is 483 g/mol. The largest absolute Gasteiger partial charge is 0.497 e. The minimum atomic E-state index is 0. The molecule has 0 saturated carbocycles. The lowest BCUT2D eigenvalue weighted by molar-refractivity contribution is -0.0945. The molecule has 3 rings (SSSR count). The maximum absolute atomic E-state index is 5.49. The van der Waals surface area contributed by atoms with Crippen LogP contribution in [-0.4, -0.2) is 58.0 Å². The number of fused-ring (bicyclic) bond motifs is 1. The molecule has 1 aliphatic heterocycles. The van der Waals surface area contributed by atoms with E-state index in [0.717, 1.165) is 74.1 Å². The number of aromatic nitrogens is 1. The summed E-state index contributed by atoms with van der Waals surface area (Å²) in [6.45, 7) is 8.37. The number of benzene rings is 1. The van der Waals surface area contributed by atoms with Gasteiger partial charge in [-0.3, -0.25) is 4.99 Å². The van der Waals surface area contributed by atoms with Crippen molar-refractivity contribution in [3.8, 4) is 11.5 Å². The highest BCUT2D eigenvalue weighted by Gasteiger charge is 2.33. The molecule has 0 atom stereocenters. The Bertz CT molecular complexity index is 818. The van der Waals surface area contributed by atoms with E-state index in [0.29, 0.717) is 0 Å². The third kappa shape index (κ3) is 6.15. The third-order valence-electron chi connectivity index (χ3n) is 4.96. The Hall–Kier alpha value is -1.68. The minimum absolute atomic E-state index is 0. The molecule has 0 amide bonds. The summed E-state index contributed by atoms with van der Waals surface area (Å²) in [5.74, 6) is 2.49.